The van der Waals surface area contributed by atoms with Gasteiger partial charge >= 0.3 is 6.03 Å². The van der Waals surface area contributed by atoms with Gasteiger partial charge in [0.1, 0.15) is 12.2 Å². The summed E-state index contributed by atoms with van der Waals surface area (Å²) in [5.41, 5.74) is 0.992. The molecule has 4 amide bonds. The van der Waals surface area contributed by atoms with E-state index in [1.54, 1.807) is 7.11 Å². The van der Waals surface area contributed by atoms with E-state index < -0.39 is 17.8 Å². The van der Waals surface area contributed by atoms with E-state index in [1.807, 2.05) is 24.3 Å². The quantitative estimate of drug-likeness (QED) is 0.771. The summed E-state index contributed by atoms with van der Waals surface area (Å²) in [6.45, 7) is 0.265. The maximum atomic E-state index is 11.9. The van der Waals surface area contributed by atoms with Crippen LogP contribution >= 0.6 is 0 Å². The van der Waals surface area contributed by atoms with Crippen LogP contribution in [0.2, 0.25) is 0 Å². The topological polar surface area (TPSA) is 66.9 Å². The molecule has 1 saturated heterocycles. The second-order valence-corrected chi connectivity index (χ2v) is 4.56. The largest absolute Gasteiger partial charge is 0.497 e. The zero-order valence-corrected chi connectivity index (χ0v) is 11.5. The summed E-state index contributed by atoms with van der Waals surface area (Å²) in [4.78, 5) is 37.0. The molecule has 1 aliphatic rings. The van der Waals surface area contributed by atoms with Gasteiger partial charge in [0.05, 0.1) is 7.11 Å². The van der Waals surface area contributed by atoms with Crippen LogP contribution in [0.25, 0.3) is 0 Å². The monoisotopic (exact) mass is 276 g/mol. The van der Waals surface area contributed by atoms with Gasteiger partial charge in [-0.05, 0) is 24.1 Å². The van der Waals surface area contributed by atoms with Crippen molar-refractivity contribution in [3.8, 4) is 5.75 Å². The van der Waals surface area contributed by atoms with Crippen LogP contribution in [-0.4, -0.2) is 48.3 Å². The lowest BCUT2D eigenvalue weighted by Gasteiger charge is -2.30. The molecule has 106 valence electrons. The van der Waals surface area contributed by atoms with Crippen LogP contribution in [0.15, 0.2) is 24.3 Å². The van der Waals surface area contributed by atoms with Crippen molar-refractivity contribution in [2.75, 3.05) is 20.7 Å². The standard InChI is InChI=1S/C14H16N2O4/c1-15-12(17)9-13(18)16(14(15)19)8-7-10-3-5-11(20-2)6-4-10/h3-6H,7-9H2,1-2H3. The van der Waals surface area contributed by atoms with Crippen molar-refractivity contribution >= 4 is 17.8 Å². The Labute approximate surface area is 116 Å². The minimum atomic E-state index is -0.556. The maximum absolute atomic E-state index is 11.9. The minimum absolute atomic E-state index is 0.245. The first kappa shape index (κ1) is 14.0. The molecule has 6 nitrogen and oxygen atoms in total. The second-order valence-electron chi connectivity index (χ2n) is 4.56. The molecule has 0 N–H and O–H groups in total. The molecular weight excluding hydrogens is 260 g/mol. The van der Waals surface area contributed by atoms with Gasteiger partial charge in [-0.25, -0.2) is 4.79 Å². The van der Waals surface area contributed by atoms with Gasteiger partial charge in [-0.3, -0.25) is 19.4 Å². The maximum Gasteiger partial charge on any atom is 0.333 e. The van der Waals surface area contributed by atoms with Gasteiger partial charge in [-0.1, -0.05) is 12.1 Å². The summed E-state index contributed by atoms with van der Waals surface area (Å²) in [6.07, 6.45) is 0.300. The molecule has 0 radical (unpaired) electrons. The van der Waals surface area contributed by atoms with Crippen LogP contribution in [-0.2, 0) is 16.0 Å². The summed E-state index contributed by atoms with van der Waals surface area (Å²) in [6, 6.07) is 6.86. The number of imide groups is 2. The third-order valence-corrected chi connectivity index (χ3v) is 3.28. The van der Waals surface area contributed by atoms with Gasteiger partial charge < -0.3 is 4.74 Å². The summed E-state index contributed by atoms with van der Waals surface area (Å²) in [5, 5.41) is 0. The Hall–Kier alpha value is -2.37. The Bertz CT molecular complexity index is 539. The third kappa shape index (κ3) is 2.79. The molecule has 20 heavy (non-hydrogen) atoms. The number of ether oxygens (including phenoxy) is 1. The molecule has 0 spiro atoms. The number of nitrogens with zero attached hydrogens (tertiary/aromatic N) is 2. The number of benzene rings is 1. The molecule has 2 rings (SSSR count). The highest BCUT2D eigenvalue weighted by molar-refractivity contribution is 6.13. The normalized spacial score (nSPS) is 15.8. The van der Waals surface area contributed by atoms with Crippen molar-refractivity contribution in [1.29, 1.82) is 0 Å². The number of hydrogen-bond acceptors (Lipinski definition) is 4. The van der Waals surface area contributed by atoms with Gasteiger partial charge in [-0.2, -0.15) is 0 Å². The first-order valence-electron chi connectivity index (χ1n) is 6.26. The first-order valence-corrected chi connectivity index (χ1v) is 6.26. The summed E-state index contributed by atoms with van der Waals surface area (Å²) in [7, 11) is 2.98. The first-order chi connectivity index (χ1) is 9.52. The van der Waals surface area contributed by atoms with Gasteiger partial charge in [0.15, 0.2) is 0 Å². The van der Waals surface area contributed by atoms with E-state index in [0.717, 1.165) is 21.1 Å². The number of carbonyl (C=O) groups excluding carboxylic acids is 3. The lowest BCUT2D eigenvalue weighted by atomic mass is 10.1. The smallest absolute Gasteiger partial charge is 0.333 e. The number of rotatable bonds is 4. The second kappa shape index (κ2) is 5.73. The third-order valence-electron chi connectivity index (χ3n) is 3.28. The van der Waals surface area contributed by atoms with Gasteiger partial charge in [0.25, 0.3) is 0 Å². The molecular formula is C14H16N2O4. The number of barbiturate groups is 1. The highest BCUT2D eigenvalue weighted by atomic mass is 16.5. The van der Waals surface area contributed by atoms with Crippen LogP contribution in [0, 0.1) is 0 Å². The van der Waals surface area contributed by atoms with E-state index in [9.17, 15) is 14.4 Å². The van der Waals surface area contributed by atoms with E-state index in [-0.39, 0.29) is 13.0 Å². The molecule has 6 heteroatoms. The van der Waals surface area contributed by atoms with E-state index in [1.165, 1.54) is 7.05 Å². The van der Waals surface area contributed by atoms with Gasteiger partial charge in [-0.15, -0.1) is 0 Å². The van der Waals surface area contributed by atoms with Crippen molar-refractivity contribution in [2.45, 2.75) is 12.8 Å². The van der Waals surface area contributed by atoms with E-state index in [4.69, 9.17) is 4.74 Å². The Kier molecular flexibility index (Phi) is 4.02. The highest BCUT2D eigenvalue weighted by Crippen LogP contribution is 2.14. The minimum Gasteiger partial charge on any atom is -0.497 e. The lowest BCUT2D eigenvalue weighted by molar-refractivity contribution is -0.141. The number of methoxy groups -OCH3 is 1. The van der Waals surface area contributed by atoms with Crippen LogP contribution in [0.1, 0.15) is 12.0 Å². The fourth-order valence-corrected chi connectivity index (χ4v) is 1.99. The fourth-order valence-electron chi connectivity index (χ4n) is 1.99. The molecule has 0 atom stereocenters. The Morgan fingerprint density at radius 1 is 1.10 bits per heavy atom. The van der Waals surface area contributed by atoms with Crippen LogP contribution in [0.4, 0.5) is 4.79 Å². The zero-order valence-electron chi connectivity index (χ0n) is 11.5. The van der Waals surface area contributed by atoms with Crippen LogP contribution < -0.4 is 4.74 Å². The fraction of sp³-hybridized carbons (Fsp3) is 0.357. The van der Waals surface area contributed by atoms with Crippen molar-refractivity contribution in [2.24, 2.45) is 0 Å². The summed E-state index contributed by atoms with van der Waals surface area (Å²) in [5.74, 6) is -0.142. The van der Waals surface area contributed by atoms with Crippen LogP contribution in [0.3, 0.4) is 0 Å². The molecule has 0 aliphatic carbocycles. The van der Waals surface area contributed by atoms with Crippen molar-refractivity contribution in [3.63, 3.8) is 0 Å². The molecule has 1 heterocycles. The number of amides is 4. The van der Waals surface area contributed by atoms with Gasteiger partial charge in [0.2, 0.25) is 11.8 Å². The van der Waals surface area contributed by atoms with Crippen molar-refractivity contribution in [1.82, 2.24) is 9.80 Å². The number of hydrogen-bond donors (Lipinski definition) is 0. The summed E-state index contributed by atoms with van der Waals surface area (Å²) >= 11 is 0. The molecule has 0 bridgehead atoms. The average molecular weight is 276 g/mol. The molecule has 1 fully saturated rings. The highest BCUT2D eigenvalue weighted by Gasteiger charge is 2.34. The SMILES string of the molecule is COc1ccc(CCN2C(=O)CC(=O)N(C)C2=O)cc1. The molecule has 1 aromatic carbocycles. The Balaban J connectivity index is 2.00. The van der Waals surface area contributed by atoms with Crippen LogP contribution in [0.5, 0.6) is 5.75 Å². The Morgan fingerprint density at radius 3 is 2.35 bits per heavy atom. The molecule has 0 aromatic heterocycles. The van der Waals surface area contributed by atoms with Crippen molar-refractivity contribution < 1.29 is 19.1 Å². The number of carbonyl (C=O) groups is 3. The summed E-state index contributed by atoms with van der Waals surface area (Å²) < 4.78 is 5.06. The molecule has 0 unspecified atom stereocenters. The predicted octanol–water partition coefficient (Wildman–Crippen LogP) is 1.05. The van der Waals surface area contributed by atoms with E-state index in [2.05, 4.69) is 0 Å². The molecule has 1 aromatic rings. The Morgan fingerprint density at radius 2 is 1.75 bits per heavy atom. The van der Waals surface area contributed by atoms with E-state index >= 15 is 0 Å². The van der Waals surface area contributed by atoms with Gasteiger partial charge in [0, 0.05) is 13.6 Å². The lowest BCUT2D eigenvalue weighted by Crippen LogP contribution is -2.53. The molecule has 0 saturated carbocycles. The van der Waals surface area contributed by atoms with E-state index in [0.29, 0.717) is 6.42 Å². The number of urea groups is 1. The average Bonchev–Trinajstić information content (AvgIpc) is 2.45. The van der Waals surface area contributed by atoms with Crippen molar-refractivity contribution in [3.05, 3.63) is 29.8 Å². The molecule has 1 aliphatic heterocycles. The zero-order chi connectivity index (χ0) is 14.7. The predicted molar refractivity (Wildman–Crippen MR) is 71.2 cm³/mol.